The zero-order valence-corrected chi connectivity index (χ0v) is 13.7. The van der Waals surface area contributed by atoms with E-state index in [1.165, 1.54) is 35.8 Å². The van der Waals surface area contributed by atoms with Gasteiger partial charge in [-0.3, -0.25) is 0 Å². The second-order valence-electron chi connectivity index (χ2n) is 4.93. The summed E-state index contributed by atoms with van der Waals surface area (Å²) in [5.74, 6) is 1.13. The molecule has 0 fully saturated rings. The Labute approximate surface area is 133 Å². The van der Waals surface area contributed by atoms with Gasteiger partial charge in [-0.25, -0.2) is 9.97 Å². The van der Waals surface area contributed by atoms with Crippen LogP contribution >= 0.6 is 23.1 Å². The topological polar surface area (TPSA) is 25.8 Å². The van der Waals surface area contributed by atoms with Gasteiger partial charge < -0.3 is 0 Å². The highest BCUT2D eigenvalue weighted by atomic mass is 32.2. The minimum absolute atomic E-state index is 1.09. The smallest absolute Gasteiger partial charge is 0.128 e. The van der Waals surface area contributed by atoms with Gasteiger partial charge >= 0.3 is 0 Å². The molecule has 0 saturated heterocycles. The number of rotatable bonds is 6. The molecule has 0 bridgehead atoms. The van der Waals surface area contributed by atoms with E-state index in [0.29, 0.717) is 0 Å². The maximum atomic E-state index is 4.52. The summed E-state index contributed by atoms with van der Waals surface area (Å²) >= 11 is 3.56. The van der Waals surface area contributed by atoms with E-state index in [9.17, 15) is 0 Å². The molecule has 2 aromatic heterocycles. The van der Waals surface area contributed by atoms with E-state index in [-0.39, 0.29) is 0 Å². The number of unbranched alkanes of at least 4 members (excludes halogenated alkanes) is 2. The fourth-order valence-corrected chi connectivity index (χ4v) is 4.30. The Bertz CT molecular complexity index is 707. The largest absolute Gasteiger partial charge is 0.229 e. The molecule has 0 N–H and O–H groups in total. The molecule has 0 radical (unpaired) electrons. The van der Waals surface area contributed by atoms with E-state index in [4.69, 9.17) is 0 Å². The number of aromatic nitrogens is 2. The lowest BCUT2D eigenvalue weighted by Gasteiger charge is -2.05. The van der Waals surface area contributed by atoms with Gasteiger partial charge in [0, 0.05) is 10.9 Å². The molecule has 3 aromatic rings. The molecule has 3 rings (SSSR count). The number of hydrogen-bond donors (Lipinski definition) is 0. The molecular formula is C17H18N2S2. The Morgan fingerprint density at radius 1 is 1.10 bits per heavy atom. The monoisotopic (exact) mass is 314 g/mol. The lowest BCUT2D eigenvalue weighted by atomic mass is 10.1. The van der Waals surface area contributed by atoms with Gasteiger partial charge in [-0.2, -0.15) is 0 Å². The maximum Gasteiger partial charge on any atom is 0.128 e. The number of thiophene rings is 1. The Hall–Kier alpha value is -1.39. The summed E-state index contributed by atoms with van der Waals surface area (Å²) in [5, 5.41) is 4.54. The van der Waals surface area contributed by atoms with Crippen LogP contribution < -0.4 is 0 Å². The minimum Gasteiger partial charge on any atom is -0.229 e. The zero-order chi connectivity index (χ0) is 14.5. The van der Waals surface area contributed by atoms with Crippen molar-refractivity contribution in [3.8, 4) is 11.1 Å². The molecule has 2 nitrogen and oxygen atoms in total. The average molecular weight is 314 g/mol. The highest BCUT2D eigenvalue weighted by Crippen LogP contribution is 2.37. The molecule has 0 aliphatic rings. The summed E-state index contributed by atoms with van der Waals surface area (Å²) in [5.41, 5.74) is 2.50. The number of thioether (sulfide) groups is 1. The van der Waals surface area contributed by atoms with E-state index < -0.39 is 0 Å². The van der Waals surface area contributed by atoms with E-state index in [0.717, 1.165) is 15.6 Å². The van der Waals surface area contributed by atoms with Crippen molar-refractivity contribution in [2.45, 2.75) is 31.2 Å². The van der Waals surface area contributed by atoms with Crippen molar-refractivity contribution in [1.29, 1.82) is 0 Å². The van der Waals surface area contributed by atoms with E-state index in [1.54, 1.807) is 17.7 Å². The molecule has 2 heterocycles. The standard InChI is InChI=1S/C17H18N2S2/c1-2-3-7-10-20-16-15-14(13-8-5-4-6-9-13)11-21-17(15)19-12-18-16/h4-6,8-9,11-12H,2-3,7,10H2,1H3. The highest BCUT2D eigenvalue weighted by Gasteiger charge is 2.12. The fourth-order valence-electron chi connectivity index (χ4n) is 2.31. The Balaban J connectivity index is 1.95. The molecule has 0 saturated carbocycles. The van der Waals surface area contributed by atoms with Crippen molar-refractivity contribution in [2.75, 3.05) is 5.75 Å². The summed E-state index contributed by atoms with van der Waals surface area (Å²) in [7, 11) is 0. The summed E-state index contributed by atoms with van der Waals surface area (Å²) in [6.07, 6.45) is 5.48. The normalized spacial score (nSPS) is 11.1. The number of fused-ring (bicyclic) bond motifs is 1. The quantitative estimate of drug-likeness (QED) is 0.334. The van der Waals surface area contributed by atoms with Gasteiger partial charge in [0.15, 0.2) is 0 Å². The summed E-state index contributed by atoms with van der Waals surface area (Å²) in [4.78, 5) is 10.0. The van der Waals surface area contributed by atoms with Crippen molar-refractivity contribution < 1.29 is 0 Å². The third-order valence-electron chi connectivity index (χ3n) is 3.41. The lowest BCUT2D eigenvalue weighted by Crippen LogP contribution is -1.87. The molecule has 1 aromatic carbocycles. The Morgan fingerprint density at radius 2 is 1.95 bits per heavy atom. The van der Waals surface area contributed by atoms with Crippen LogP contribution in [0.2, 0.25) is 0 Å². The van der Waals surface area contributed by atoms with Gasteiger partial charge in [-0.05, 0) is 17.7 Å². The van der Waals surface area contributed by atoms with Gasteiger partial charge in [0.05, 0.1) is 5.39 Å². The molecule has 0 atom stereocenters. The first-order valence-corrected chi connectivity index (χ1v) is 9.17. The summed E-state index contributed by atoms with van der Waals surface area (Å²) in [6, 6.07) is 10.5. The number of hydrogen-bond acceptors (Lipinski definition) is 4. The average Bonchev–Trinajstić information content (AvgIpc) is 2.97. The first-order chi connectivity index (χ1) is 10.4. The summed E-state index contributed by atoms with van der Waals surface area (Å²) < 4.78 is 0. The van der Waals surface area contributed by atoms with Crippen LogP contribution in [0.4, 0.5) is 0 Å². The Kier molecular flexibility index (Phi) is 4.88. The number of benzene rings is 1. The van der Waals surface area contributed by atoms with Crippen LogP contribution in [-0.4, -0.2) is 15.7 Å². The van der Waals surface area contributed by atoms with Crippen LogP contribution in [0.15, 0.2) is 47.1 Å². The third-order valence-corrected chi connectivity index (χ3v) is 5.37. The van der Waals surface area contributed by atoms with E-state index >= 15 is 0 Å². The molecule has 0 unspecified atom stereocenters. The van der Waals surface area contributed by atoms with E-state index in [1.807, 2.05) is 11.8 Å². The van der Waals surface area contributed by atoms with Gasteiger partial charge in [0.25, 0.3) is 0 Å². The van der Waals surface area contributed by atoms with Gasteiger partial charge in [0.2, 0.25) is 0 Å². The van der Waals surface area contributed by atoms with Crippen LogP contribution in [0, 0.1) is 0 Å². The molecule has 108 valence electrons. The molecule has 0 aliphatic carbocycles. The lowest BCUT2D eigenvalue weighted by molar-refractivity contribution is 0.778. The second kappa shape index (κ2) is 7.05. The molecule has 4 heteroatoms. The van der Waals surface area contributed by atoms with Crippen LogP contribution in [-0.2, 0) is 0 Å². The zero-order valence-electron chi connectivity index (χ0n) is 12.1. The summed E-state index contributed by atoms with van der Waals surface area (Å²) in [6.45, 7) is 2.24. The second-order valence-corrected chi connectivity index (χ2v) is 6.87. The minimum atomic E-state index is 1.09. The highest BCUT2D eigenvalue weighted by molar-refractivity contribution is 7.99. The van der Waals surface area contributed by atoms with E-state index in [2.05, 4.69) is 52.6 Å². The van der Waals surface area contributed by atoms with Crippen molar-refractivity contribution in [3.05, 3.63) is 42.0 Å². The predicted octanol–water partition coefficient (Wildman–Crippen LogP) is 5.64. The van der Waals surface area contributed by atoms with Crippen LogP contribution in [0.1, 0.15) is 26.2 Å². The van der Waals surface area contributed by atoms with Crippen molar-refractivity contribution >= 4 is 33.3 Å². The van der Waals surface area contributed by atoms with Gasteiger partial charge in [-0.15, -0.1) is 23.1 Å². The van der Waals surface area contributed by atoms with Crippen LogP contribution in [0.3, 0.4) is 0 Å². The maximum absolute atomic E-state index is 4.52. The molecule has 0 spiro atoms. The molecule has 0 aliphatic heterocycles. The third kappa shape index (κ3) is 3.27. The fraction of sp³-hybridized carbons (Fsp3) is 0.294. The predicted molar refractivity (Wildman–Crippen MR) is 93.1 cm³/mol. The van der Waals surface area contributed by atoms with Gasteiger partial charge in [0.1, 0.15) is 16.2 Å². The Morgan fingerprint density at radius 3 is 2.76 bits per heavy atom. The number of nitrogens with zero attached hydrogens (tertiary/aromatic N) is 2. The van der Waals surface area contributed by atoms with Crippen molar-refractivity contribution in [2.24, 2.45) is 0 Å². The van der Waals surface area contributed by atoms with Crippen molar-refractivity contribution in [1.82, 2.24) is 9.97 Å². The van der Waals surface area contributed by atoms with Crippen LogP contribution in [0.25, 0.3) is 21.3 Å². The SMILES string of the molecule is CCCCCSc1ncnc2scc(-c3ccccc3)c12. The first-order valence-electron chi connectivity index (χ1n) is 7.30. The van der Waals surface area contributed by atoms with Crippen molar-refractivity contribution in [3.63, 3.8) is 0 Å². The van der Waals surface area contributed by atoms with Crippen LogP contribution in [0.5, 0.6) is 0 Å². The molecular weight excluding hydrogens is 296 g/mol. The molecule has 0 amide bonds. The molecule has 21 heavy (non-hydrogen) atoms. The van der Waals surface area contributed by atoms with Gasteiger partial charge in [-0.1, -0.05) is 50.1 Å². The first kappa shape index (κ1) is 14.5.